The standard InChI is InChI=1S/C25H34N4O4/c1-3-33-18-14-28(15-18)21-7-5-4-6-20(21)27(2)17-8-9-19-16(12-17)13-29(25(19)32)22-10-11-23(30)26-24(22)31/h8-9,12,18,20-22H,3-7,10-11,13-15H2,1-2H3,(H,26,30,31)/t20-,21-,22?/m0/s1. The summed E-state index contributed by atoms with van der Waals surface area (Å²) in [6.45, 7) is 5.28. The van der Waals surface area contributed by atoms with Gasteiger partial charge in [-0.2, -0.15) is 0 Å². The molecule has 1 aromatic carbocycles. The van der Waals surface area contributed by atoms with E-state index in [0.29, 0.717) is 36.7 Å². The van der Waals surface area contributed by atoms with Crippen LogP contribution >= 0.6 is 0 Å². The number of piperidine rings is 1. The van der Waals surface area contributed by atoms with Crippen LogP contribution in [0.15, 0.2) is 18.2 Å². The number of amides is 3. The zero-order chi connectivity index (χ0) is 23.1. The third-order valence-corrected chi connectivity index (χ3v) is 7.85. The fraction of sp³-hybridized carbons (Fsp3) is 0.640. The van der Waals surface area contributed by atoms with Gasteiger partial charge in [0.1, 0.15) is 6.04 Å². The summed E-state index contributed by atoms with van der Waals surface area (Å²) in [4.78, 5) is 43.4. The van der Waals surface area contributed by atoms with E-state index in [9.17, 15) is 14.4 Å². The minimum atomic E-state index is -0.573. The molecule has 3 atom stereocenters. The minimum absolute atomic E-state index is 0.119. The molecular formula is C25H34N4O4. The summed E-state index contributed by atoms with van der Waals surface area (Å²) in [5, 5.41) is 2.37. The quantitative estimate of drug-likeness (QED) is 0.662. The predicted molar refractivity (Wildman–Crippen MR) is 124 cm³/mol. The fourth-order valence-corrected chi connectivity index (χ4v) is 6.02. The highest BCUT2D eigenvalue weighted by molar-refractivity contribution is 6.05. The summed E-state index contributed by atoms with van der Waals surface area (Å²) < 4.78 is 5.77. The van der Waals surface area contributed by atoms with Gasteiger partial charge in [0, 0.05) is 63.0 Å². The number of nitrogens with zero attached hydrogens (tertiary/aromatic N) is 3. The van der Waals surface area contributed by atoms with Crippen molar-refractivity contribution in [3.8, 4) is 0 Å². The average Bonchev–Trinajstić information content (AvgIpc) is 3.11. The Balaban J connectivity index is 1.30. The molecule has 3 amide bonds. The summed E-state index contributed by atoms with van der Waals surface area (Å²) in [5.74, 6) is -0.748. The lowest BCUT2D eigenvalue weighted by Crippen LogP contribution is -2.62. The van der Waals surface area contributed by atoms with Crippen molar-refractivity contribution in [3.05, 3.63) is 29.3 Å². The van der Waals surface area contributed by atoms with Crippen LogP contribution in [-0.4, -0.2) is 78.5 Å². The van der Waals surface area contributed by atoms with Gasteiger partial charge in [0.2, 0.25) is 11.8 Å². The molecule has 1 aliphatic carbocycles. The number of anilines is 1. The van der Waals surface area contributed by atoms with Crippen molar-refractivity contribution in [1.82, 2.24) is 15.1 Å². The van der Waals surface area contributed by atoms with Gasteiger partial charge in [-0.25, -0.2) is 0 Å². The van der Waals surface area contributed by atoms with Gasteiger partial charge < -0.3 is 14.5 Å². The first kappa shape index (κ1) is 22.3. The van der Waals surface area contributed by atoms with E-state index in [4.69, 9.17) is 4.74 Å². The third-order valence-electron chi connectivity index (χ3n) is 7.85. The second-order valence-electron chi connectivity index (χ2n) is 9.80. The van der Waals surface area contributed by atoms with Gasteiger partial charge in [0.05, 0.1) is 6.10 Å². The Hall–Kier alpha value is -2.45. The molecule has 5 rings (SSSR count). The molecule has 1 aromatic rings. The summed E-state index contributed by atoms with van der Waals surface area (Å²) in [7, 11) is 2.17. The van der Waals surface area contributed by atoms with E-state index >= 15 is 0 Å². The van der Waals surface area contributed by atoms with Crippen molar-refractivity contribution in [2.75, 3.05) is 31.6 Å². The Labute approximate surface area is 195 Å². The zero-order valence-corrected chi connectivity index (χ0v) is 19.6. The maximum atomic E-state index is 13.0. The molecule has 3 fully saturated rings. The van der Waals surface area contributed by atoms with Crippen molar-refractivity contribution < 1.29 is 19.1 Å². The fourth-order valence-electron chi connectivity index (χ4n) is 6.02. The van der Waals surface area contributed by atoms with Crippen LogP contribution < -0.4 is 10.2 Å². The molecule has 33 heavy (non-hydrogen) atoms. The Morgan fingerprint density at radius 3 is 2.67 bits per heavy atom. The summed E-state index contributed by atoms with van der Waals surface area (Å²) in [6, 6.07) is 6.44. The number of hydrogen-bond acceptors (Lipinski definition) is 6. The SMILES string of the molecule is CCOC1CN([C@H]2CCCC[C@@H]2N(C)c2ccc3c(c2)CN(C2CCC(=O)NC2=O)C3=O)C1. The van der Waals surface area contributed by atoms with Crippen LogP contribution in [0.25, 0.3) is 0 Å². The first-order chi connectivity index (χ1) is 16.0. The van der Waals surface area contributed by atoms with Crippen LogP contribution in [0.2, 0.25) is 0 Å². The number of fused-ring (bicyclic) bond motifs is 1. The average molecular weight is 455 g/mol. The maximum absolute atomic E-state index is 13.0. The van der Waals surface area contributed by atoms with E-state index in [1.165, 1.54) is 19.3 Å². The van der Waals surface area contributed by atoms with Crippen molar-refractivity contribution in [2.24, 2.45) is 0 Å². The predicted octanol–water partition coefficient (Wildman–Crippen LogP) is 1.92. The Morgan fingerprint density at radius 1 is 1.12 bits per heavy atom. The Morgan fingerprint density at radius 2 is 1.91 bits per heavy atom. The van der Waals surface area contributed by atoms with Crippen molar-refractivity contribution in [1.29, 1.82) is 0 Å². The molecule has 1 saturated carbocycles. The molecule has 0 spiro atoms. The molecule has 178 valence electrons. The first-order valence-electron chi connectivity index (χ1n) is 12.3. The van der Waals surface area contributed by atoms with Crippen LogP contribution in [0, 0.1) is 0 Å². The van der Waals surface area contributed by atoms with Crippen molar-refractivity contribution >= 4 is 23.4 Å². The largest absolute Gasteiger partial charge is 0.376 e. The van der Waals surface area contributed by atoms with Gasteiger partial charge in [0.15, 0.2) is 0 Å². The maximum Gasteiger partial charge on any atom is 0.255 e. The summed E-state index contributed by atoms with van der Waals surface area (Å²) >= 11 is 0. The molecular weight excluding hydrogens is 420 g/mol. The van der Waals surface area contributed by atoms with Crippen LogP contribution in [-0.2, 0) is 20.9 Å². The molecule has 0 bridgehead atoms. The lowest BCUT2D eigenvalue weighted by molar-refractivity contribution is -0.136. The highest BCUT2D eigenvalue weighted by atomic mass is 16.5. The Kier molecular flexibility index (Phi) is 6.14. The highest BCUT2D eigenvalue weighted by Gasteiger charge is 2.41. The number of hydrogen-bond donors (Lipinski definition) is 1. The van der Waals surface area contributed by atoms with E-state index in [1.54, 1.807) is 4.90 Å². The van der Waals surface area contributed by atoms with Crippen molar-refractivity contribution in [2.45, 2.75) is 76.2 Å². The van der Waals surface area contributed by atoms with Gasteiger partial charge in [-0.3, -0.25) is 24.6 Å². The van der Waals surface area contributed by atoms with Crippen molar-refractivity contribution in [3.63, 3.8) is 0 Å². The number of nitrogens with one attached hydrogen (secondary N) is 1. The molecule has 0 aromatic heterocycles. The Bertz CT molecular complexity index is 944. The molecule has 8 nitrogen and oxygen atoms in total. The molecule has 1 N–H and O–H groups in total. The highest BCUT2D eigenvalue weighted by Crippen LogP contribution is 2.35. The lowest BCUT2D eigenvalue weighted by Gasteiger charge is -2.50. The molecule has 3 heterocycles. The van der Waals surface area contributed by atoms with E-state index in [2.05, 4.69) is 35.2 Å². The van der Waals surface area contributed by atoms with E-state index in [-0.39, 0.29) is 24.1 Å². The molecule has 2 saturated heterocycles. The number of ether oxygens (including phenoxy) is 1. The van der Waals surface area contributed by atoms with Gasteiger partial charge in [-0.05, 0) is 49.9 Å². The normalized spacial score (nSPS) is 28.5. The van der Waals surface area contributed by atoms with Gasteiger partial charge >= 0.3 is 0 Å². The monoisotopic (exact) mass is 454 g/mol. The van der Waals surface area contributed by atoms with Crippen LogP contribution in [0.1, 0.15) is 61.4 Å². The zero-order valence-electron chi connectivity index (χ0n) is 19.6. The molecule has 0 radical (unpaired) electrons. The second kappa shape index (κ2) is 9.06. The minimum Gasteiger partial charge on any atom is -0.376 e. The number of benzene rings is 1. The molecule has 3 aliphatic heterocycles. The lowest BCUT2D eigenvalue weighted by atomic mass is 9.86. The van der Waals surface area contributed by atoms with E-state index in [0.717, 1.165) is 37.4 Å². The van der Waals surface area contributed by atoms with Gasteiger partial charge in [-0.15, -0.1) is 0 Å². The van der Waals surface area contributed by atoms with E-state index < -0.39 is 6.04 Å². The number of rotatable bonds is 6. The van der Waals surface area contributed by atoms with Gasteiger partial charge in [-0.1, -0.05) is 12.8 Å². The second-order valence-corrected chi connectivity index (χ2v) is 9.80. The smallest absolute Gasteiger partial charge is 0.255 e. The summed E-state index contributed by atoms with van der Waals surface area (Å²) in [6.07, 6.45) is 5.90. The molecule has 8 heteroatoms. The van der Waals surface area contributed by atoms with Crippen LogP contribution in [0.4, 0.5) is 5.69 Å². The van der Waals surface area contributed by atoms with Crippen LogP contribution in [0.3, 0.4) is 0 Å². The van der Waals surface area contributed by atoms with E-state index in [1.807, 2.05) is 12.1 Å². The summed E-state index contributed by atoms with van der Waals surface area (Å²) in [5.41, 5.74) is 2.74. The van der Waals surface area contributed by atoms with Gasteiger partial charge in [0.25, 0.3) is 5.91 Å². The van der Waals surface area contributed by atoms with Crippen LogP contribution in [0.5, 0.6) is 0 Å². The first-order valence-corrected chi connectivity index (χ1v) is 12.3. The third kappa shape index (κ3) is 4.15. The number of imide groups is 1. The molecule has 1 unspecified atom stereocenters. The number of likely N-dealkylation sites (N-methyl/N-ethyl adjacent to an activating group) is 1. The topological polar surface area (TPSA) is 82.2 Å². The number of carbonyl (C=O) groups excluding carboxylic acids is 3. The number of carbonyl (C=O) groups is 3. The molecule has 4 aliphatic rings. The number of likely N-dealkylation sites (tertiary alicyclic amines) is 1.